The first-order chi connectivity index (χ1) is 13.1. The maximum atomic E-state index is 13.2. The Morgan fingerprint density at radius 2 is 2.07 bits per heavy atom. The van der Waals surface area contributed by atoms with Crippen LogP contribution >= 0.6 is 0 Å². The van der Waals surface area contributed by atoms with Crippen molar-refractivity contribution in [1.82, 2.24) is 14.8 Å². The number of aromatic nitrogens is 1. The van der Waals surface area contributed by atoms with Crippen molar-refractivity contribution in [2.45, 2.75) is 37.6 Å². The maximum absolute atomic E-state index is 13.2. The molecule has 1 aromatic carbocycles. The van der Waals surface area contributed by atoms with Crippen LogP contribution in [0, 0.1) is 0 Å². The van der Waals surface area contributed by atoms with E-state index in [1.807, 2.05) is 40.1 Å². The van der Waals surface area contributed by atoms with E-state index in [2.05, 4.69) is 11.6 Å². The molecule has 0 bridgehead atoms. The zero-order valence-electron chi connectivity index (χ0n) is 15.6. The number of fused-ring (bicyclic) bond motifs is 1. The lowest BCUT2D eigenvalue weighted by molar-refractivity contribution is -0.143. The van der Waals surface area contributed by atoms with Gasteiger partial charge in [-0.25, -0.2) is 0 Å². The van der Waals surface area contributed by atoms with E-state index < -0.39 is 0 Å². The molecular formula is C22H25N3O2. The molecule has 2 aromatic rings. The van der Waals surface area contributed by atoms with Crippen molar-refractivity contribution in [3.8, 4) is 0 Å². The Hall–Kier alpha value is -2.69. The summed E-state index contributed by atoms with van der Waals surface area (Å²) in [5.74, 6) is 0.187. The molecule has 1 aromatic heterocycles. The zero-order valence-corrected chi connectivity index (χ0v) is 15.6. The van der Waals surface area contributed by atoms with Crippen LogP contribution < -0.4 is 0 Å². The number of likely N-dealkylation sites (tertiary alicyclic amines) is 2. The Balaban J connectivity index is 1.60. The number of hydrogen-bond donors (Lipinski definition) is 0. The van der Waals surface area contributed by atoms with Gasteiger partial charge in [-0.1, -0.05) is 24.3 Å². The first-order valence-electron chi connectivity index (χ1n) is 9.68. The first kappa shape index (κ1) is 17.7. The van der Waals surface area contributed by atoms with Crippen molar-refractivity contribution in [3.05, 3.63) is 54.7 Å². The molecule has 1 spiro atoms. The topological polar surface area (TPSA) is 53.5 Å². The van der Waals surface area contributed by atoms with Gasteiger partial charge in [-0.2, -0.15) is 0 Å². The molecule has 1 atom stereocenters. The average molecular weight is 363 g/mol. The molecule has 5 heteroatoms. The van der Waals surface area contributed by atoms with Crippen molar-refractivity contribution in [2.75, 3.05) is 19.6 Å². The SMILES string of the molecule is C=CCN1C(=O)CCCC12CCCN(C(=O)c1cnc3ccccc3c1)C2. The second-order valence-corrected chi connectivity index (χ2v) is 7.62. The van der Waals surface area contributed by atoms with Crippen LogP contribution in [0.1, 0.15) is 42.5 Å². The highest BCUT2D eigenvalue weighted by molar-refractivity contribution is 5.97. The molecule has 1 unspecified atom stereocenters. The standard InChI is InChI=1S/C22H25N3O2/c1-2-12-25-20(26)9-5-10-22(25)11-6-13-24(16-22)21(27)18-14-17-7-3-4-8-19(17)23-15-18/h2-4,7-8,14-15H,1,5-6,9-13,16H2. The van der Waals surface area contributed by atoms with Gasteiger partial charge in [-0.15, -0.1) is 6.58 Å². The lowest BCUT2D eigenvalue weighted by Gasteiger charge is -2.51. The number of nitrogens with zero attached hydrogens (tertiary/aromatic N) is 3. The summed E-state index contributed by atoms with van der Waals surface area (Å²) in [4.78, 5) is 34.0. The van der Waals surface area contributed by atoms with Gasteiger partial charge in [0.2, 0.25) is 5.91 Å². The Labute approximate surface area is 159 Å². The van der Waals surface area contributed by atoms with Crippen LogP contribution in [0.2, 0.25) is 0 Å². The molecule has 2 fully saturated rings. The third kappa shape index (κ3) is 3.22. The molecule has 3 heterocycles. The minimum Gasteiger partial charge on any atom is -0.336 e. The van der Waals surface area contributed by atoms with Gasteiger partial charge in [0.25, 0.3) is 5.91 Å². The average Bonchev–Trinajstić information content (AvgIpc) is 2.70. The third-order valence-electron chi connectivity index (χ3n) is 5.90. The molecule has 0 N–H and O–H groups in total. The summed E-state index contributed by atoms with van der Waals surface area (Å²) in [6.45, 7) is 5.69. The number of para-hydroxylation sites is 1. The van der Waals surface area contributed by atoms with Crippen LogP contribution in [-0.4, -0.2) is 51.8 Å². The van der Waals surface area contributed by atoms with Crippen LogP contribution in [0.4, 0.5) is 0 Å². The highest BCUT2D eigenvalue weighted by Crippen LogP contribution is 2.37. The van der Waals surface area contributed by atoms with Crippen molar-refractivity contribution >= 4 is 22.7 Å². The number of carbonyl (C=O) groups excluding carboxylic acids is 2. The number of rotatable bonds is 3. The van der Waals surface area contributed by atoms with E-state index in [1.54, 1.807) is 12.3 Å². The number of hydrogen-bond acceptors (Lipinski definition) is 3. The van der Waals surface area contributed by atoms with Gasteiger partial charge in [-0.3, -0.25) is 14.6 Å². The van der Waals surface area contributed by atoms with Crippen LogP contribution in [0.5, 0.6) is 0 Å². The molecular weight excluding hydrogens is 338 g/mol. The van der Waals surface area contributed by atoms with Crippen LogP contribution in [-0.2, 0) is 4.79 Å². The summed E-state index contributed by atoms with van der Waals surface area (Å²) < 4.78 is 0. The highest BCUT2D eigenvalue weighted by Gasteiger charge is 2.45. The van der Waals surface area contributed by atoms with Gasteiger partial charge < -0.3 is 9.80 Å². The quantitative estimate of drug-likeness (QED) is 0.786. The molecule has 0 saturated carbocycles. The van der Waals surface area contributed by atoms with E-state index in [0.29, 0.717) is 25.1 Å². The van der Waals surface area contributed by atoms with E-state index in [0.717, 1.165) is 43.1 Å². The van der Waals surface area contributed by atoms with Gasteiger partial charge in [0.1, 0.15) is 0 Å². The minimum atomic E-state index is -0.248. The minimum absolute atomic E-state index is 0.00361. The number of amides is 2. The van der Waals surface area contributed by atoms with Gasteiger partial charge >= 0.3 is 0 Å². The van der Waals surface area contributed by atoms with E-state index >= 15 is 0 Å². The summed E-state index contributed by atoms with van der Waals surface area (Å²) >= 11 is 0. The van der Waals surface area contributed by atoms with Gasteiger partial charge in [0.15, 0.2) is 0 Å². The third-order valence-corrected chi connectivity index (χ3v) is 5.90. The Bertz CT molecular complexity index is 890. The summed E-state index contributed by atoms with van der Waals surface area (Å²) in [7, 11) is 0. The van der Waals surface area contributed by atoms with Crippen molar-refractivity contribution < 1.29 is 9.59 Å². The van der Waals surface area contributed by atoms with Crippen molar-refractivity contribution in [3.63, 3.8) is 0 Å². The Kier molecular flexibility index (Phi) is 4.68. The van der Waals surface area contributed by atoms with Crippen molar-refractivity contribution in [2.24, 2.45) is 0 Å². The fraction of sp³-hybridized carbons (Fsp3) is 0.409. The second-order valence-electron chi connectivity index (χ2n) is 7.62. The number of piperidine rings is 2. The Morgan fingerprint density at radius 3 is 2.93 bits per heavy atom. The fourth-order valence-corrected chi connectivity index (χ4v) is 4.61. The highest BCUT2D eigenvalue weighted by atomic mass is 16.2. The number of carbonyl (C=O) groups is 2. The van der Waals surface area contributed by atoms with Crippen LogP contribution in [0.15, 0.2) is 49.2 Å². The Morgan fingerprint density at radius 1 is 1.26 bits per heavy atom. The molecule has 140 valence electrons. The number of benzene rings is 1. The normalized spacial score (nSPS) is 23.0. The molecule has 0 radical (unpaired) electrons. The van der Waals surface area contributed by atoms with Crippen LogP contribution in [0.3, 0.4) is 0 Å². The van der Waals surface area contributed by atoms with Gasteiger partial charge in [0.05, 0.1) is 16.6 Å². The summed E-state index contributed by atoms with van der Waals surface area (Å²) in [6, 6.07) is 9.73. The van der Waals surface area contributed by atoms with Crippen molar-refractivity contribution in [1.29, 1.82) is 0 Å². The van der Waals surface area contributed by atoms with Gasteiger partial charge in [0, 0.05) is 37.6 Å². The molecule has 2 amide bonds. The summed E-state index contributed by atoms with van der Waals surface area (Å²) in [5, 5.41) is 0.969. The number of pyridine rings is 1. The lowest BCUT2D eigenvalue weighted by atomic mass is 9.79. The smallest absolute Gasteiger partial charge is 0.255 e. The van der Waals surface area contributed by atoms with Gasteiger partial charge in [-0.05, 0) is 37.8 Å². The van der Waals surface area contributed by atoms with E-state index in [4.69, 9.17) is 0 Å². The van der Waals surface area contributed by atoms with E-state index in [1.165, 1.54) is 0 Å². The predicted molar refractivity (Wildman–Crippen MR) is 105 cm³/mol. The molecule has 2 aliphatic heterocycles. The second kappa shape index (κ2) is 7.14. The fourth-order valence-electron chi connectivity index (χ4n) is 4.61. The largest absolute Gasteiger partial charge is 0.336 e. The zero-order chi connectivity index (χ0) is 18.9. The molecule has 27 heavy (non-hydrogen) atoms. The summed E-state index contributed by atoms with van der Waals surface area (Å²) in [6.07, 6.45) is 7.76. The maximum Gasteiger partial charge on any atom is 0.255 e. The van der Waals surface area contributed by atoms with Crippen LogP contribution in [0.25, 0.3) is 10.9 Å². The molecule has 2 saturated heterocycles. The molecule has 0 aliphatic carbocycles. The summed E-state index contributed by atoms with van der Waals surface area (Å²) in [5.41, 5.74) is 1.25. The molecule has 2 aliphatic rings. The monoisotopic (exact) mass is 363 g/mol. The lowest BCUT2D eigenvalue weighted by Crippen LogP contribution is -2.63. The molecule has 5 nitrogen and oxygen atoms in total. The predicted octanol–water partition coefficient (Wildman–Crippen LogP) is 3.41. The molecule has 4 rings (SSSR count). The van der Waals surface area contributed by atoms with E-state index in [-0.39, 0.29) is 17.4 Å². The van der Waals surface area contributed by atoms with E-state index in [9.17, 15) is 9.59 Å². The first-order valence-corrected chi connectivity index (χ1v) is 9.68.